The number of hydrogen-bond donors (Lipinski definition) is 4. The van der Waals surface area contributed by atoms with Gasteiger partial charge in [-0.15, -0.1) is 11.8 Å². The van der Waals surface area contributed by atoms with Crippen LogP contribution in [0.4, 0.5) is 10.5 Å². The molecule has 4 N–H and O–H groups in total. The smallest absolute Gasteiger partial charge is 0.412 e. The van der Waals surface area contributed by atoms with Crippen molar-refractivity contribution in [1.29, 1.82) is 0 Å². The molecule has 0 saturated carbocycles. The number of phenolic OH excluding ortho intramolecular Hbond substituents is 1. The number of halogens is 1. The van der Waals surface area contributed by atoms with Gasteiger partial charge < -0.3 is 9.84 Å². The van der Waals surface area contributed by atoms with E-state index in [9.17, 15) is 14.7 Å². The van der Waals surface area contributed by atoms with Crippen LogP contribution in [0.2, 0.25) is 0 Å². The normalized spacial score (nSPS) is 11.8. The first-order valence-electron chi connectivity index (χ1n) is 8.13. The zero-order chi connectivity index (χ0) is 20.5. The number of nitrogens with one attached hydrogen (secondary N) is 2. The second kappa shape index (κ2) is 10.7. The van der Waals surface area contributed by atoms with E-state index in [-0.39, 0.29) is 12.2 Å². The molecule has 2 aromatic carbocycles. The molecular formula is C19H19BrN2O5S. The van der Waals surface area contributed by atoms with Gasteiger partial charge in [0.25, 0.3) is 5.91 Å². The van der Waals surface area contributed by atoms with Crippen LogP contribution in [0.25, 0.3) is 0 Å². The molecule has 0 aliphatic heterocycles. The summed E-state index contributed by atoms with van der Waals surface area (Å²) in [5.74, 6) is -0.763. The van der Waals surface area contributed by atoms with E-state index in [2.05, 4.69) is 21.2 Å². The highest BCUT2D eigenvalue weighted by molar-refractivity contribution is 9.10. The van der Waals surface area contributed by atoms with Crippen LogP contribution in [0, 0.1) is 0 Å². The van der Waals surface area contributed by atoms with Gasteiger partial charge in [0.05, 0.1) is 0 Å². The van der Waals surface area contributed by atoms with E-state index in [1.165, 1.54) is 17.6 Å². The van der Waals surface area contributed by atoms with Crippen molar-refractivity contribution in [2.45, 2.75) is 17.4 Å². The minimum Gasteiger partial charge on any atom is -0.508 e. The highest BCUT2D eigenvalue weighted by atomic mass is 79.9. The number of ether oxygens (including phenoxy) is 1. The summed E-state index contributed by atoms with van der Waals surface area (Å²) in [4.78, 5) is 24.5. The molecule has 0 saturated heterocycles. The quantitative estimate of drug-likeness (QED) is 0.205. The van der Waals surface area contributed by atoms with Crippen molar-refractivity contribution >= 4 is 45.4 Å². The second-order valence-electron chi connectivity index (χ2n) is 5.56. The number of rotatable bonds is 7. The van der Waals surface area contributed by atoms with Gasteiger partial charge in [-0.1, -0.05) is 22.0 Å². The molecule has 7 nitrogen and oxygen atoms in total. The lowest BCUT2D eigenvalue weighted by atomic mass is 10.0. The number of benzene rings is 2. The van der Waals surface area contributed by atoms with Crippen LogP contribution in [0.3, 0.4) is 0 Å². The maximum absolute atomic E-state index is 12.3. The Morgan fingerprint density at radius 3 is 2.61 bits per heavy atom. The van der Waals surface area contributed by atoms with Gasteiger partial charge in [0.2, 0.25) is 0 Å². The van der Waals surface area contributed by atoms with Crippen molar-refractivity contribution in [2.24, 2.45) is 0 Å². The van der Waals surface area contributed by atoms with Gasteiger partial charge in [-0.3, -0.25) is 15.3 Å². The molecule has 0 aromatic heterocycles. The molecule has 28 heavy (non-hydrogen) atoms. The number of amides is 2. The molecule has 0 spiro atoms. The molecule has 0 fully saturated rings. The van der Waals surface area contributed by atoms with Crippen LogP contribution in [-0.2, 0) is 9.53 Å². The zero-order valence-corrected chi connectivity index (χ0v) is 17.3. The summed E-state index contributed by atoms with van der Waals surface area (Å²) < 4.78 is 6.16. The Labute approximate surface area is 174 Å². The Bertz CT molecular complexity index is 858. The molecule has 0 radical (unpaired) electrons. The van der Waals surface area contributed by atoms with Crippen LogP contribution < -0.4 is 10.8 Å². The Balaban J connectivity index is 2.15. The van der Waals surface area contributed by atoms with Crippen LogP contribution in [-0.4, -0.2) is 28.6 Å². The number of hydrogen-bond acceptors (Lipinski definition) is 6. The van der Waals surface area contributed by atoms with Crippen LogP contribution in [0.15, 0.2) is 64.0 Å². The molecule has 0 aliphatic rings. The number of carbonyl (C=O) groups excluding carboxylic acids is 2. The van der Waals surface area contributed by atoms with Crippen molar-refractivity contribution in [1.82, 2.24) is 5.48 Å². The average Bonchev–Trinajstić information content (AvgIpc) is 2.69. The summed E-state index contributed by atoms with van der Waals surface area (Å²) in [5, 5.41) is 21.3. The van der Waals surface area contributed by atoms with Crippen LogP contribution in [0.5, 0.6) is 5.75 Å². The molecular weight excluding hydrogens is 448 g/mol. The molecule has 2 amide bonds. The third-order valence-corrected chi connectivity index (χ3v) is 4.89. The summed E-state index contributed by atoms with van der Waals surface area (Å²) in [5.41, 5.74) is 2.41. The molecule has 2 aromatic rings. The van der Waals surface area contributed by atoms with E-state index in [0.29, 0.717) is 15.7 Å². The number of hydroxylamine groups is 1. The molecule has 1 atom stereocenters. The minimum atomic E-state index is -0.856. The molecule has 9 heteroatoms. The van der Waals surface area contributed by atoms with Gasteiger partial charge in [-0.2, -0.15) is 0 Å². The van der Waals surface area contributed by atoms with Gasteiger partial charge in [0, 0.05) is 33.1 Å². The first-order chi connectivity index (χ1) is 13.4. The van der Waals surface area contributed by atoms with E-state index < -0.39 is 18.1 Å². The Morgan fingerprint density at radius 2 is 1.96 bits per heavy atom. The number of thioether (sulfide) groups is 1. The highest BCUT2D eigenvalue weighted by Crippen LogP contribution is 2.32. The largest absolute Gasteiger partial charge is 0.508 e. The number of phenols is 1. The summed E-state index contributed by atoms with van der Waals surface area (Å²) >= 11 is 4.90. The highest BCUT2D eigenvalue weighted by Gasteiger charge is 2.20. The fourth-order valence-electron chi connectivity index (χ4n) is 2.31. The van der Waals surface area contributed by atoms with Crippen molar-refractivity contribution in [2.75, 3.05) is 11.6 Å². The lowest BCUT2D eigenvalue weighted by Crippen LogP contribution is -2.18. The minimum absolute atomic E-state index is 0.0506. The molecule has 0 aliphatic carbocycles. The lowest BCUT2D eigenvalue weighted by molar-refractivity contribution is -0.124. The SMILES string of the molecule is CSc1ccc(NC(=O)O[C@@H](C/C=C/C(=O)NO)c2cc(Br)ccc2O)cc1. The first kappa shape index (κ1) is 21.8. The van der Waals surface area contributed by atoms with Crippen molar-refractivity contribution in [3.63, 3.8) is 0 Å². The van der Waals surface area contributed by atoms with E-state index in [4.69, 9.17) is 9.94 Å². The summed E-state index contributed by atoms with van der Waals surface area (Å²) in [6.07, 6.45) is 3.03. The zero-order valence-electron chi connectivity index (χ0n) is 14.9. The predicted molar refractivity (Wildman–Crippen MR) is 111 cm³/mol. The standard InChI is InChI=1S/C19H19BrN2O5S/c1-28-14-8-6-13(7-9-14)21-19(25)27-17(3-2-4-18(24)22-26)15-11-12(20)5-10-16(15)23/h2,4-11,17,23,26H,3H2,1H3,(H,21,25)(H,22,24)/b4-2+/t17-/m0/s1. The Hall–Kier alpha value is -2.49. The van der Waals surface area contributed by atoms with Gasteiger partial charge in [-0.25, -0.2) is 10.3 Å². The monoisotopic (exact) mass is 466 g/mol. The Kier molecular flexibility index (Phi) is 8.37. The van der Waals surface area contributed by atoms with Crippen molar-refractivity contribution < 1.29 is 24.6 Å². The second-order valence-corrected chi connectivity index (χ2v) is 7.36. The maximum atomic E-state index is 12.3. The lowest BCUT2D eigenvalue weighted by Gasteiger charge is -2.19. The summed E-state index contributed by atoms with van der Waals surface area (Å²) in [6, 6.07) is 12.0. The van der Waals surface area contributed by atoms with Crippen molar-refractivity contribution in [3.05, 3.63) is 64.7 Å². The third-order valence-electron chi connectivity index (χ3n) is 3.65. The van der Waals surface area contributed by atoms with E-state index in [1.807, 2.05) is 18.4 Å². The number of carbonyl (C=O) groups is 2. The fourth-order valence-corrected chi connectivity index (χ4v) is 3.10. The van der Waals surface area contributed by atoms with Gasteiger partial charge in [-0.05, 0) is 48.7 Å². The molecule has 148 valence electrons. The van der Waals surface area contributed by atoms with Crippen molar-refractivity contribution in [3.8, 4) is 5.75 Å². The van der Waals surface area contributed by atoms with E-state index in [0.717, 1.165) is 11.0 Å². The molecule has 0 unspecified atom stereocenters. The summed E-state index contributed by atoms with van der Waals surface area (Å²) in [6.45, 7) is 0. The predicted octanol–water partition coefficient (Wildman–Crippen LogP) is 4.62. The number of anilines is 1. The van der Waals surface area contributed by atoms with E-state index in [1.54, 1.807) is 36.0 Å². The van der Waals surface area contributed by atoms with Gasteiger partial charge >= 0.3 is 6.09 Å². The Morgan fingerprint density at radius 1 is 1.25 bits per heavy atom. The fraction of sp³-hybridized carbons (Fsp3) is 0.158. The van der Waals surface area contributed by atoms with Crippen LogP contribution in [0.1, 0.15) is 18.1 Å². The topological polar surface area (TPSA) is 108 Å². The molecule has 0 bridgehead atoms. The third kappa shape index (κ3) is 6.59. The maximum Gasteiger partial charge on any atom is 0.412 e. The van der Waals surface area contributed by atoms with Crippen LogP contribution >= 0.6 is 27.7 Å². The summed E-state index contributed by atoms with van der Waals surface area (Å²) in [7, 11) is 0. The van der Waals surface area contributed by atoms with Gasteiger partial charge in [0.1, 0.15) is 11.9 Å². The molecule has 0 heterocycles. The average molecular weight is 467 g/mol. The number of aromatic hydroxyl groups is 1. The van der Waals surface area contributed by atoms with E-state index >= 15 is 0 Å². The molecule has 2 rings (SSSR count). The van der Waals surface area contributed by atoms with Gasteiger partial charge in [0.15, 0.2) is 0 Å². The first-order valence-corrected chi connectivity index (χ1v) is 10.2.